The number of amides is 1. The smallest absolute Gasteiger partial charge is 0.248 e. The van der Waals surface area contributed by atoms with Gasteiger partial charge >= 0.3 is 0 Å². The molecular formula is C10H9Cl2NO2. The number of hydrogen-bond donors (Lipinski definition) is 2. The number of rotatable bonds is 2. The first-order valence-electron chi connectivity index (χ1n) is 4.16. The van der Waals surface area contributed by atoms with Crippen LogP contribution >= 0.6 is 23.2 Å². The molecule has 1 aromatic carbocycles. The molecule has 80 valence electrons. The van der Waals surface area contributed by atoms with Crippen molar-refractivity contribution in [2.45, 2.75) is 6.92 Å². The van der Waals surface area contributed by atoms with Crippen LogP contribution in [0.4, 0.5) is 5.69 Å². The van der Waals surface area contributed by atoms with E-state index in [1.54, 1.807) is 13.0 Å². The van der Waals surface area contributed by atoms with Crippen molar-refractivity contribution in [2.24, 2.45) is 0 Å². The highest BCUT2D eigenvalue weighted by Crippen LogP contribution is 2.34. The number of allylic oxidation sites excluding steroid dienone is 1. The van der Waals surface area contributed by atoms with Gasteiger partial charge in [0, 0.05) is 5.02 Å². The minimum Gasteiger partial charge on any atom is -0.504 e. The normalized spacial score (nSPS) is 10.6. The maximum absolute atomic E-state index is 11.2. The molecule has 0 aliphatic heterocycles. The summed E-state index contributed by atoms with van der Waals surface area (Å²) in [6, 6.07) is 2.81. The summed E-state index contributed by atoms with van der Waals surface area (Å²) in [4.78, 5) is 11.2. The molecule has 0 radical (unpaired) electrons. The molecule has 0 spiro atoms. The molecule has 0 heterocycles. The van der Waals surface area contributed by atoms with Crippen LogP contribution in [-0.2, 0) is 4.79 Å². The molecular weight excluding hydrogens is 237 g/mol. The molecule has 0 bridgehead atoms. The first-order chi connectivity index (χ1) is 7.04. The summed E-state index contributed by atoms with van der Waals surface area (Å²) in [7, 11) is 0. The van der Waals surface area contributed by atoms with Gasteiger partial charge in [0.2, 0.25) is 5.91 Å². The zero-order valence-corrected chi connectivity index (χ0v) is 9.43. The van der Waals surface area contributed by atoms with Crippen molar-refractivity contribution >= 4 is 34.8 Å². The van der Waals surface area contributed by atoms with Gasteiger partial charge in [-0.15, -0.1) is 0 Å². The first kappa shape index (κ1) is 11.9. The summed E-state index contributed by atoms with van der Waals surface area (Å²) in [5, 5.41) is 12.4. The quantitative estimate of drug-likeness (QED) is 0.621. The molecule has 3 nitrogen and oxygen atoms in total. The van der Waals surface area contributed by atoms with E-state index in [-0.39, 0.29) is 22.4 Å². The fraction of sp³-hybridized carbons (Fsp3) is 0.100. The molecule has 2 N–H and O–H groups in total. The minimum atomic E-state index is -0.355. The Kier molecular flexibility index (Phi) is 4.00. The lowest BCUT2D eigenvalue weighted by atomic mass is 10.3. The molecule has 0 atom stereocenters. The van der Waals surface area contributed by atoms with Gasteiger partial charge in [0.1, 0.15) is 0 Å². The van der Waals surface area contributed by atoms with E-state index in [1.807, 2.05) is 0 Å². The van der Waals surface area contributed by atoms with E-state index >= 15 is 0 Å². The van der Waals surface area contributed by atoms with Crippen molar-refractivity contribution < 1.29 is 9.90 Å². The largest absolute Gasteiger partial charge is 0.504 e. The number of carbonyl (C=O) groups is 1. The predicted octanol–water partition coefficient (Wildman–Crippen LogP) is 3.21. The zero-order chi connectivity index (χ0) is 11.4. The predicted molar refractivity (Wildman–Crippen MR) is 61.6 cm³/mol. The molecule has 0 fully saturated rings. The third kappa shape index (κ3) is 3.15. The van der Waals surface area contributed by atoms with Crippen LogP contribution in [0, 0.1) is 0 Å². The summed E-state index contributed by atoms with van der Waals surface area (Å²) in [5.41, 5.74) is 0.190. The van der Waals surface area contributed by atoms with Crippen LogP contribution < -0.4 is 5.32 Å². The van der Waals surface area contributed by atoms with Crippen LogP contribution in [0.1, 0.15) is 6.92 Å². The molecule has 0 saturated carbocycles. The molecule has 0 aliphatic rings. The minimum absolute atomic E-state index is 0.0956. The number of phenolic OH excluding ortho intramolecular Hbond substituents is 1. The topological polar surface area (TPSA) is 49.3 Å². The van der Waals surface area contributed by atoms with Crippen molar-refractivity contribution in [1.82, 2.24) is 0 Å². The Morgan fingerprint density at radius 1 is 1.47 bits per heavy atom. The lowest BCUT2D eigenvalue weighted by Gasteiger charge is -2.07. The first-order valence-corrected chi connectivity index (χ1v) is 4.92. The number of benzene rings is 1. The Morgan fingerprint density at radius 3 is 2.73 bits per heavy atom. The van der Waals surface area contributed by atoms with Gasteiger partial charge in [-0.05, 0) is 25.1 Å². The van der Waals surface area contributed by atoms with Crippen LogP contribution in [0.25, 0.3) is 0 Å². The summed E-state index contributed by atoms with van der Waals surface area (Å²) in [6.45, 7) is 1.71. The Balaban J connectivity index is 2.99. The van der Waals surface area contributed by atoms with E-state index in [9.17, 15) is 9.90 Å². The second-order valence-corrected chi connectivity index (χ2v) is 3.62. The van der Waals surface area contributed by atoms with Gasteiger partial charge in [-0.1, -0.05) is 29.3 Å². The number of phenols is 1. The Hall–Kier alpha value is -1.19. The Labute approximate surface area is 97.3 Å². The highest BCUT2D eigenvalue weighted by molar-refractivity contribution is 6.36. The summed E-state index contributed by atoms with van der Waals surface area (Å²) < 4.78 is 0. The second-order valence-electron chi connectivity index (χ2n) is 2.77. The number of carbonyl (C=O) groups excluding carboxylic acids is 1. The van der Waals surface area contributed by atoms with E-state index in [0.717, 1.165) is 0 Å². The van der Waals surface area contributed by atoms with Crippen molar-refractivity contribution in [1.29, 1.82) is 0 Å². The van der Waals surface area contributed by atoms with E-state index in [2.05, 4.69) is 5.32 Å². The Bertz CT molecular complexity index is 416. The lowest BCUT2D eigenvalue weighted by molar-refractivity contribution is -0.111. The number of nitrogens with one attached hydrogen (secondary N) is 1. The van der Waals surface area contributed by atoms with Crippen LogP contribution in [0.2, 0.25) is 10.0 Å². The molecule has 0 unspecified atom stereocenters. The van der Waals surface area contributed by atoms with Gasteiger partial charge in [-0.2, -0.15) is 0 Å². The maximum Gasteiger partial charge on any atom is 0.248 e. The average molecular weight is 246 g/mol. The second kappa shape index (κ2) is 5.05. The molecule has 0 saturated heterocycles. The van der Waals surface area contributed by atoms with Gasteiger partial charge < -0.3 is 10.4 Å². The van der Waals surface area contributed by atoms with Gasteiger partial charge in [-0.25, -0.2) is 0 Å². The summed E-state index contributed by atoms with van der Waals surface area (Å²) >= 11 is 11.4. The lowest BCUT2D eigenvalue weighted by Crippen LogP contribution is -2.07. The zero-order valence-electron chi connectivity index (χ0n) is 7.92. The molecule has 0 aliphatic carbocycles. The SMILES string of the molecule is C/C=C/C(=O)Nc1cc(Cl)cc(Cl)c1O. The van der Waals surface area contributed by atoms with E-state index in [4.69, 9.17) is 23.2 Å². The van der Waals surface area contributed by atoms with Crippen molar-refractivity contribution in [2.75, 3.05) is 5.32 Å². The van der Waals surface area contributed by atoms with Crippen LogP contribution in [0.3, 0.4) is 0 Å². The molecule has 15 heavy (non-hydrogen) atoms. The van der Waals surface area contributed by atoms with Gasteiger partial charge in [0.25, 0.3) is 0 Å². The molecule has 1 aromatic rings. The number of anilines is 1. The van der Waals surface area contributed by atoms with Crippen LogP contribution in [0.5, 0.6) is 5.75 Å². The number of hydrogen-bond acceptors (Lipinski definition) is 2. The molecule has 0 aromatic heterocycles. The molecule has 1 rings (SSSR count). The maximum atomic E-state index is 11.2. The van der Waals surface area contributed by atoms with Gasteiger partial charge in [0.15, 0.2) is 5.75 Å². The fourth-order valence-corrected chi connectivity index (χ4v) is 1.48. The van der Waals surface area contributed by atoms with E-state index in [1.165, 1.54) is 18.2 Å². The summed E-state index contributed by atoms with van der Waals surface area (Å²) in [5.74, 6) is -0.551. The standard InChI is InChI=1S/C10H9Cl2NO2/c1-2-3-9(14)13-8-5-6(11)4-7(12)10(8)15/h2-5,15H,1H3,(H,13,14)/b3-2+. The van der Waals surface area contributed by atoms with Crippen molar-refractivity contribution in [3.05, 3.63) is 34.3 Å². The third-order valence-corrected chi connectivity index (χ3v) is 2.11. The van der Waals surface area contributed by atoms with Crippen LogP contribution in [0.15, 0.2) is 24.3 Å². The van der Waals surface area contributed by atoms with E-state index in [0.29, 0.717) is 5.02 Å². The van der Waals surface area contributed by atoms with Crippen LogP contribution in [-0.4, -0.2) is 11.0 Å². The van der Waals surface area contributed by atoms with Crippen molar-refractivity contribution in [3.8, 4) is 5.75 Å². The Morgan fingerprint density at radius 2 is 2.13 bits per heavy atom. The number of halogens is 2. The highest BCUT2D eigenvalue weighted by atomic mass is 35.5. The van der Waals surface area contributed by atoms with Gasteiger partial charge in [-0.3, -0.25) is 4.79 Å². The highest BCUT2D eigenvalue weighted by Gasteiger charge is 2.09. The summed E-state index contributed by atoms with van der Waals surface area (Å²) in [6.07, 6.45) is 2.91. The fourth-order valence-electron chi connectivity index (χ4n) is 0.987. The molecule has 1 amide bonds. The van der Waals surface area contributed by atoms with E-state index < -0.39 is 0 Å². The number of aromatic hydroxyl groups is 1. The third-order valence-electron chi connectivity index (χ3n) is 1.60. The van der Waals surface area contributed by atoms with Gasteiger partial charge in [0.05, 0.1) is 10.7 Å². The monoisotopic (exact) mass is 245 g/mol. The molecule has 5 heteroatoms. The average Bonchev–Trinajstić information content (AvgIpc) is 2.13. The van der Waals surface area contributed by atoms with Crippen molar-refractivity contribution in [3.63, 3.8) is 0 Å².